The van der Waals surface area contributed by atoms with Crippen LogP contribution in [0.1, 0.15) is 7.49 Å². The van der Waals surface area contributed by atoms with Gasteiger partial charge >= 0.3 is 35.9 Å². The molecule has 1 aromatic rings. The first-order valence-corrected chi connectivity index (χ1v) is 10.4. The van der Waals surface area contributed by atoms with Crippen molar-refractivity contribution in [3.05, 3.63) is 35.9 Å². The molecule has 0 saturated carbocycles. The summed E-state index contributed by atoms with van der Waals surface area (Å²) in [6, 6.07) is 10.5. The van der Waals surface area contributed by atoms with E-state index in [4.69, 9.17) is 0 Å². The molecule has 0 bridgehead atoms. The maximum absolute atomic E-state index is 2.39. The van der Waals surface area contributed by atoms with E-state index < -0.39 is 0 Å². The zero-order chi connectivity index (χ0) is 8.69. The maximum atomic E-state index is 2.39. The number of rotatable bonds is 1. The zero-order valence-electron chi connectivity index (χ0n) is 5.60. The van der Waals surface area contributed by atoms with Gasteiger partial charge in [-0.1, -0.05) is 75.5 Å². The Kier molecular flexibility index (Phi) is 10.4. The fraction of sp³-hybridized carbons (Fsp3) is 0.143. The molecule has 0 radical (unpaired) electrons. The van der Waals surface area contributed by atoms with Gasteiger partial charge in [-0.05, 0) is 5.56 Å². The Labute approximate surface area is 117 Å². The Morgan fingerprint density at radius 1 is 1.00 bits per heavy atom. The van der Waals surface area contributed by atoms with Crippen LogP contribution in [-0.4, -0.2) is 0 Å². The zero-order valence-corrected chi connectivity index (χ0v) is 13.6. The van der Waals surface area contributed by atoms with Crippen LogP contribution in [0.25, 0.3) is 0 Å². The van der Waals surface area contributed by atoms with Gasteiger partial charge in [-0.15, -0.1) is 0 Å². The topological polar surface area (TPSA) is 0 Å². The van der Waals surface area contributed by atoms with E-state index in [1.165, 1.54) is 5.56 Å². The first kappa shape index (κ1) is 13.1. The molecule has 1 rings (SSSR count). The van der Waals surface area contributed by atoms with E-state index in [-0.39, 0.29) is 0 Å². The van der Waals surface area contributed by atoms with Gasteiger partial charge in [0, 0.05) is 0 Å². The van der Waals surface area contributed by atoms with E-state index in [1.54, 1.807) is 0 Å². The summed E-state index contributed by atoms with van der Waals surface area (Å²) >= 11 is 8.91. The molecule has 0 aliphatic carbocycles. The fourth-order valence-corrected chi connectivity index (χ4v) is 1.43. The Morgan fingerprint density at radius 2 is 1.45 bits per heavy atom. The molecule has 1 aromatic carbocycles. The molecule has 0 aliphatic rings. The van der Waals surface area contributed by atoms with E-state index in [1.807, 2.05) is 22.8 Å². The summed E-state index contributed by atoms with van der Waals surface area (Å²) in [7, 11) is 0. The van der Waals surface area contributed by atoms with E-state index in [2.05, 4.69) is 88.6 Å². The molecule has 0 amide bonds. The van der Waals surface area contributed by atoms with Crippen LogP contribution in [0.5, 0.6) is 0 Å². The van der Waals surface area contributed by atoms with Gasteiger partial charge in [-0.25, -0.2) is 0 Å². The molecule has 0 aliphatic heterocycles. The third-order valence-electron chi connectivity index (χ3n) is 1.05. The Hall–Kier alpha value is 2.12. The summed E-state index contributed by atoms with van der Waals surface area (Å²) in [6.07, 6.45) is 0. The van der Waals surface area contributed by atoms with Crippen LogP contribution in [0.15, 0.2) is 30.3 Å². The molecule has 4 heteroatoms. The third kappa shape index (κ3) is 6.23. The molecule has 59 valence electrons. The van der Waals surface area contributed by atoms with Crippen molar-refractivity contribution in [3.8, 4) is 0 Å². The minimum absolute atomic E-state index is 0.599. The molecule has 0 atom stereocenters. The minimum atomic E-state index is 0.599. The van der Waals surface area contributed by atoms with Gasteiger partial charge < -0.3 is 0 Å². The van der Waals surface area contributed by atoms with Crippen LogP contribution >= 0.6 is 64.4 Å². The average molecular weight is 519 g/mol. The Morgan fingerprint density at radius 3 is 1.73 bits per heavy atom. The molecule has 0 nitrogen and oxygen atoms in total. The summed E-state index contributed by atoms with van der Waals surface area (Å²) in [5, 5.41) is 0. The van der Waals surface area contributed by atoms with Gasteiger partial charge in [0.1, 0.15) is 0 Å². The Bertz CT molecular complexity index is 176. The van der Waals surface area contributed by atoms with Crippen molar-refractivity contribution in [1.29, 1.82) is 0 Å². The molecule has 0 heterocycles. The van der Waals surface area contributed by atoms with Crippen LogP contribution < -0.4 is 0 Å². The summed E-state index contributed by atoms with van der Waals surface area (Å²) in [5.74, 6) is 0. The predicted octanol–water partition coefficient (Wildman–Crippen LogP) is 4.44. The quantitative estimate of drug-likeness (QED) is 0.293. The second kappa shape index (κ2) is 8.71. The number of hydrogen-bond acceptors (Lipinski definition) is 0. The van der Waals surface area contributed by atoms with E-state index >= 15 is 0 Å². The third-order valence-corrected chi connectivity index (χ3v) is 2.49. The Balaban J connectivity index is 0.000000461. The van der Waals surface area contributed by atoms with E-state index in [0.717, 1.165) is 0 Å². The van der Waals surface area contributed by atoms with Crippen LogP contribution in [0.3, 0.4) is 0 Å². The number of alkyl halides is 2. The van der Waals surface area contributed by atoms with Crippen molar-refractivity contribution in [3.63, 3.8) is 0 Å². The van der Waals surface area contributed by atoms with Crippen molar-refractivity contribution in [2.75, 3.05) is 0 Å². The van der Waals surface area contributed by atoms with Gasteiger partial charge in [-0.3, -0.25) is 0 Å². The van der Waals surface area contributed by atoms with Crippen LogP contribution in [0, 0.1) is 0 Å². The second-order valence-electron chi connectivity index (χ2n) is 1.71. The summed E-state index contributed by atoms with van der Waals surface area (Å²) < 4.78 is 0.599. The normalized spacial score (nSPS) is 8.64. The van der Waals surface area contributed by atoms with Crippen LogP contribution in [-0.2, 0) is 16.7 Å². The molecule has 0 unspecified atom stereocenters. The molecule has 11 heavy (non-hydrogen) atoms. The number of hydrogen-bond donors (Lipinski definition) is 0. The SMILES string of the molecule is IC(I)c1ccccc1.[Ti][I]. The van der Waals surface area contributed by atoms with Crippen molar-refractivity contribution in [2.45, 2.75) is 1.93 Å². The standard InChI is InChI=1S/C7H6I2.HI.Ti/c8-7(9)6-4-2-1-3-5-6;;/h1-5,7H;1H;/q;;+1/p-1. The summed E-state index contributed by atoms with van der Waals surface area (Å²) in [6.45, 7) is 0. The van der Waals surface area contributed by atoms with Crippen molar-refractivity contribution in [1.82, 2.24) is 0 Å². The second-order valence-corrected chi connectivity index (χ2v) is 6.59. The summed E-state index contributed by atoms with van der Waals surface area (Å²) in [4.78, 5) is 0. The molecule has 0 fully saturated rings. The average Bonchev–Trinajstić information content (AvgIpc) is 2.10. The van der Waals surface area contributed by atoms with E-state index in [0.29, 0.717) is 1.93 Å². The predicted molar refractivity (Wildman–Crippen MR) is 71.2 cm³/mol. The van der Waals surface area contributed by atoms with Gasteiger partial charge in [0.25, 0.3) is 0 Å². The van der Waals surface area contributed by atoms with Crippen LogP contribution in [0.4, 0.5) is 0 Å². The van der Waals surface area contributed by atoms with Crippen molar-refractivity contribution >= 4 is 64.4 Å². The van der Waals surface area contributed by atoms with Gasteiger partial charge in [0.2, 0.25) is 0 Å². The monoisotopic (exact) mass is 519 g/mol. The van der Waals surface area contributed by atoms with Crippen molar-refractivity contribution < 1.29 is 16.7 Å². The summed E-state index contributed by atoms with van der Waals surface area (Å²) in [5.41, 5.74) is 1.39. The van der Waals surface area contributed by atoms with Crippen molar-refractivity contribution in [2.24, 2.45) is 0 Å². The number of halogens is 3. The fourth-order valence-electron chi connectivity index (χ4n) is 0.599. The van der Waals surface area contributed by atoms with Crippen LogP contribution in [0.2, 0.25) is 0 Å². The number of benzene rings is 1. The molecular weight excluding hydrogens is 513 g/mol. The first-order valence-electron chi connectivity index (χ1n) is 2.82. The molecule has 0 spiro atoms. The van der Waals surface area contributed by atoms with Gasteiger partial charge in [-0.2, -0.15) is 0 Å². The van der Waals surface area contributed by atoms with Gasteiger partial charge in [0.05, 0.1) is 1.93 Å². The van der Waals surface area contributed by atoms with E-state index in [9.17, 15) is 0 Å². The molecule has 0 N–H and O–H groups in total. The molecule has 0 aromatic heterocycles. The molecule has 0 saturated heterocycles. The van der Waals surface area contributed by atoms with Gasteiger partial charge in [0.15, 0.2) is 0 Å². The first-order chi connectivity index (χ1) is 5.30. The molecular formula is C7H6I3Ti.